The molecule has 0 amide bonds. The van der Waals surface area contributed by atoms with Crippen molar-refractivity contribution in [2.75, 3.05) is 0 Å². The number of aromatic hydroxyl groups is 1. The van der Waals surface area contributed by atoms with Crippen LogP contribution in [-0.2, 0) is 0 Å². The zero-order valence-electron chi connectivity index (χ0n) is 10.4. The molecule has 1 N–H and O–H groups in total. The van der Waals surface area contributed by atoms with Crippen LogP contribution in [0.1, 0.15) is 39.2 Å². The van der Waals surface area contributed by atoms with Crippen LogP contribution in [0.5, 0.6) is 5.75 Å². The highest BCUT2D eigenvalue weighted by Crippen LogP contribution is 2.44. The second-order valence-electron chi connectivity index (χ2n) is 5.12. The third-order valence-corrected chi connectivity index (χ3v) is 4.05. The van der Waals surface area contributed by atoms with E-state index in [0.29, 0.717) is 21.9 Å². The zero-order valence-corrected chi connectivity index (χ0v) is 14.1. The predicted molar refractivity (Wildman–Crippen MR) is 83.8 cm³/mol. The topological polar surface area (TPSA) is 20.2 Å². The van der Waals surface area contributed by atoms with E-state index in [2.05, 4.69) is 50.3 Å². The molecule has 1 rings (SSSR count). The average molecular weight is 387 g/mol. The maximum Gasteiger partial charge on any atom is 0.152 e. The number of alkyl halides is 1. The van der Waals surface area contributed by atoms with E-state index < -0.39 is 0 Å². The molecule has 0 aliphatic heterocycles. The lowest BCUT2D eigenvalue weighted by molar-refractivity contribution is 0.432. The van der Waals surface area contributed by atoms with Gasteiger partial charge in [-0.15, -0.1) is 0 Å². The van der Waals surface area contributed by atoms with Gasteiger partial charge in [-0.05, 0) is 23.6 Å². The molecule has 0 spiro atoms. The van der Waals surface area contributed by atoms with Gasteiger partial charge in [-0.3, -0.25) is 0 Å². The molecule has 1 aromatic carbocycles. The Hall–Kier alpha value is 0.330. The molecule has 0 aliphatic carbocycles. The van der Waals surface area contributed by atoms with Crippen LogP contribution < -0.4 is 0 Å². The van der Waals surface area contributed by atoms with Gasteiger partial charge in [0.15, 0.2) is 5.75 Å². The van der Waals surface area contributed by atoms with E-state index in [0.717, 1.165) is 5.56 Å². The minimum Gasteiger partial charge on any atom is -0.505 e. The van der Waals surface area contributed by atoms with Crippen molar-refractivity contribution in [3.8, 4) is 5.75 Å². The van der Waals surface area contributed by atoms with Crippen LogP contribution >= 0.6 is 45.8 Å². The lowest BCUT2D eigenvalue weighted by atomic mass is 9.80. The van der Waals surface area contributed by atoms with Crippen LogP contribution in [0.4, 0.5) is 0 Å². The first-order valence-electron chi connectivity index (χ1n) is 5.51. The molecule has 0 saturated carbocycles. The first kappa shape index (κ1) is 15.4. The standard InChI is InChI=1S/C13H17Cl2IO/c1-7(2)11(13(3,4)16)8-5-9(14)12(17)10(15)6-8/h5-7,11,17H,1-4H3. The smallest absolute Gasteiger partial charge is 0.152 e. The summed E-state index contributed by atoms with van der Waals surface area (Å²) < 4.78 is 0.0928. The van der Waals surface area contributed by atoms with Gasteiger partial charge >= 0.3 is 0 Å². The van der Waals surface area contributed by atoms with Gasteiger partial charge in [0.25, 0.3) is 0 Å². The summed E-state index contributed by atoms with van der Waals surface area (Å²) in [6.45, 7) is 8.74. The summed E-state index contributed by atoms with van der Waals surface area (Å²) in [4.78, 5) is 0. The number of phenolic OH excluding ortho intramolecular Hbond substituents is 1. The van der Waals surface area contributed by atoms with Crippen LogP contribution in [0, 0.1) is 5.92 Å². The lowest BCUT2D eigenvalue weighted by Gasteiger charge is -2.33. The van der Waals surface area contributed by atoms with Crippen LogP contribution in [0.3, 0.4) is 0 Å². The van der Waals surface area contributed by atoms with E-state index in [4.69, 9.17) is 23.2 Å². The number of halogens is 3. The molecule has 0 fully saturated rings. The van der Waals surface area contributed by atoms with Crippen LogP contribution in [0.15, 0.2) is 12.1 Å². The molecule has 4 heteroatoms. The second kappa shape index (κ2) is 5.54. The van der Waals surface area contributed by atoms with Gasteiger partial charge in [-0.25, -0.2) is 0 Å². The first-order valence-corrected chi connectivity index (χ1v) is 7.35. The highest BCUT2D eigenvalue weighted by Gasteiger charge is 2.31. The monoisotopic (exact) mass is 386 g/mol. The zero-order chi connectivity index (χ0) is 13.4. The van der Waals surface area contributed by atoms with Gasteiger partial charge in [0.2, 0.25) is 0 Å². The molecule has 1 aromatic rings. The molecule has 0 radical (unpaired) electrons. The van der Waals surface area contributed by atoms with E-state index in [1.807, 2.05) is 12.1 Å². The molecule has 1 unspecified atom stereocenters. The van der Waals surface area contributed by atoms with Gasteiger partial charge in [0.1, 0.15) is 0 Å². The largest absolute Gasteiger partial charge is 0.505 e. The van der Waals surface area contributed by atoms with Crippen molar-refractivity contribution in [3.05, 3.63) is 27.7 Å². The minimum atomic E-state index is -0.0362. The molecular formula is C13H17Cl2IO. The number of rotatable bonds is 3. The molecular weight excluding hydrogens is 370 g/mol. The summed E-state index contributed by atoms with van der Waals surface area (Å²) in [6, 6.07) is 3.63. The summed E-state index contributed by atoms with van der Waals surface area (Å²) in [7, 11) is 0. The Kier molecular flexibility index (Phi) is 5.01. The Balaban J connectivity index is 3.30. The molecule has 0 aromatic heterocycles. The summed E-state index contributed by atoms with van der Waals surface area (Å²) in [5.74, 6) is 0.767. The Morgan fingerprint density at radius 2 is 1.59 bits per heavy atom. The van der Waals surface area contributed by atoms with Crippen molar-refractivity contribution >= 4 is 45.8 Å². The van der Waals surface area contributed by atoms with Crippen LogP contribution in [-0.4, -0.2) is 8.53 Å². The van der Waals surface area contributed by atoms with E-state index in [9.17, 15) is 5.11 Å². The van der Waals surface area contributed by atoms with Crippen LogP contribution in [0.25, 0.3) is 0 Å². The lowest BCUT2D eigenvalue weighted by Crippen LogP contribution is -2.26. The number of hydrogen-bond acceptors (Lipinski definition) is 1. The molecule has 96 valence electrons. The normalized spacial score (nSPS) is 14.1. The maximum absolute atomic E-state index is 9.59. The van der Waals surface area contributed by atoms with Gasteiger partial charge in [-0.2, -0.15) is 0 Å². The summed E-state index contributed by atoms with van der Waals surface area (Å²) in [6.07, 6.45) is 0. The van der Waals surface area contributed by atoms with Gasteiger partial charge in [0, 0.05) is 9.34 Å². The third kappa shape index (κ3) is 3.65. The Morgan fingerprint density at radius 3 is 1.88 bits per heavy atom. The fourth-order valence-corrected chi connectivity index (χ4v) is 3.92. The molecule has 0 bridgehead atoms. The molecule has 1 atom stereocenters. The van der Waals surface area contributed by atoms with Crippen molar-refractivity contribution in [1.29, 1.82) is 0 Å². The number of phenols is 1. The number of benzene rings is 1. The Bertz CT molecular complexity index is 387. The van der Waals surface area contributed by atoms with Crippen molar-refractivity contribution in [2.24, 2.45) is 5.92 Å². The Labute approximate surface area is 127 Å². The van der Waals surface area contributed by atoms with E-state index >= 15 is 0 Å². The summed E-state index contributed by atoms with van der Waals surface area (Å²) >= 11 is 14.4. The average Bonchev–Trinajstić information content (AvgIpc) is 2.10. The highest BCUT2D eigenvalue weighted by atomic mass is 127. The SMILES string of the molecule is CC(C)C(c1cc(Cl)c(O)c(Cl)c1)C(C)(C)I. The van der Waals surface area contributed by atoms with E-state index in [1.165, 1.54) is 0 Å². The molecule has 17 heavy (non-hydrogen) atoms. The predicted octanol–water partition coefficient (Wildman–Crippen LogP) is 5.65. The fourth-order valence-electron chi connectivity index (χ4n) is 2.34. The summed E-state index contributed by atoms with van der Waals surface area (Å²) in [5.41, 5.74) is 1.08. The van der Waals surface area contributed by atoms with Gasteiger partial charge in [-0.1, -0.05) is 73.5 Å². The first-order chi connectivity index (χ1) is 7.64. The summed E-state index contributed by atoms with van der Waals surface area (Å²) in [5, 5.41) is 10.2. The van der Waals surface area contributed by atoms with Crippen molar-refractivity contribution < 1.29 is 5.11 Å². The van der Waals surface area contributed by atoms with E-state index in [1.54, 1.807) is 0 Å². The molecule has 1 nitrogen and oxygen atoms in total. The van der Waals surface area contributed by atoms with Crippen molar-refractivity contribution in [3.63, 3.8) is 0 Å². The minimum absolute atomic E-state index is 0.0362. The maximum atomic E-state index is 9.59. The highest BCUT2D eigenvalue weighted by molar-refractivity contribution is 14.1. The van der Waals surface area contributed by atoms with Crippen molar-refractivity contribution in [2.45, 2.75) is 37.0 Å². The molecule has 0 heterocycles. The van der Waals surface area contributed by atoms with Crippen LogP contribution in [0.2, 0.25) is 10.0 Å². The van der Waals surface area contributed by atoms with E-state index in [-0.39, 0.29) is 9.17 Å². The van der Waals surface area contributed by atoms with Crippen molar-refractivity contribution in [1.82, 2.24) is 0 Å². The second-order valence-corrected chi connectivity index (χ2v) is 8.71. The Morgan fingerprint density at radius 1 is 1.18 bits per heavy atom. The fraction of sp³-hybridized carbons (Fsp3) is 0.538. The van der Waals surface area contributed by atoms with Gasteiger partial charge < -0.3 is 5.11 Å². The third-order valence-electron chi connectivity index (χ3n) is 2.80. The number of hydrogen-bond donors (Lipinski definition) is 1. The molecule has 0 aliphatic rings. The quantitative estimate of drug-likeness (QED) is 0.525. The molecule has 0 saturated heterocycles. The van der Waals surface area contributed by atoms with Gasteiger partial charge in [0.05, 0.1) is 10.0 Å².